The van der Waals surface area contributed by atoms with Gasteiger partial charge in [0.05, 0.1) is 7.11 Å². The lowest BCUT2D eigenvalue weighted by atomic mass is 10.2. The summed E-state index contributed by atoms with van der Waals surface area (Å²) in [4.78, 5) is 0. The second-order valence-electron chi connectivity index (χ2n) is 2.32. The van der Waals surface area contributed by atoms with E-state index in [4.69, 9.17) is 10.00 Å². The molecule has 0 N–H and O–H groups in total. The summed E-state index contributed by atoms with van der Waals surface area (Å²) in [5.74, 6) is 1.22. The Morgan fingerprint density at radius 3 is 2.75 bits per heavy atom. The van der Waals surface area contributed by atoms with Crippen LogP contribution in [0.2, 0.25) is 0 Å². The van der Waals surface area contributed by atoms with Gasteiger partial charge in [-0.1, -0.05) is 6.07 Å². The van der Waals surface area contributed by atoms with Gasteiger partial charge in [-0.3, -0.25) is 0 Å². The molecule has 0 fully saturated rings. The van der Waals surface area contributed by atoms with Gasteiger partial charge in [-0.15, -0.1) is 5.26 Å². The largest absolute Gasteiger partial charge is 0.496 e. The zero-order valence-electron chi connectivity index (χ0n) is 7.00. The lowest BCUT2D eigenvalue weighted by Crippen LogP contribution is -1.88. The Hall–Kier alpha value is -1.69. The van der Waals surface area contributed by atoms with Gasteiger partial charge in [0.2, 0.25) is 0 Å². The van der Waals surface area contributed by atoms with Crippen LogP contribution in [0.25, 0.3) is 0 Å². The van der Waals surface area contributed by atoms with Gasteiger partial charge >= 0.3 is 0 Å². The number of nitriles is 1. The van der Waals surface area contributed by atoms with Gasteiger partial charge in [-0.2, -0.15) is 0 Å². The summed E-state index contributed by atoms with van der Waals surface area (Å²) in [6, 6.07) is 5.24. The van der Waals surface area contributed by atoms with E-state index in [1.807, 2.05) is 13.0 Å². The molecule has 0 radical (unpaired) electrons. The van der Waals surface area contributed by atoms with E-state index in [-0.39, 0.29) is 0 Å². The van der Waals surface area contributed by atoms with E-state index < -0.39 is 0 Å². The van der Waals surface area contributed by atoms with Crippen LogP contribution in [0.5, 0.6) is 11.5 Å². The third-order valence-electron chi connectivity index (χ3n) is 1.54. The minimum atomic E-state index is 0.500. The molecule has 0 saturated heterocycles. The highest BCUT2D eigenvalue weighted by molar-refractivity contribution is 5.40. The molecule has 0 heterocycles. The number of hydrogen-bond acceptors (Lipinski definition) is 3. The predicted octanol–water partition coefficient (Wildman–Crippen LogP) is 1.86. The summed E-state index contributed by atoms with van der Waals surface area (Å²) in [6.45, 7) is 1.93. The summed E-state index contributed by atoms with van der Waals surface area (Å²) in [5.41, 5.74) is 1.02. The molecule has 0 atom stereocenters. The Labute approximate surface area is 71.1 Å². The number of nitrogens with zero attached hydrogens (tertiary/aromatic N) is 1. The Morgan fingerprint density at radius 2 is 2.17 bits per heavy atom. The first-order valence-electron chi connectivity index (χ1n) is 3.48. The molecule has 0 bridgehead atoms. The molecule has 62 valence electrons. The lowest BCUT2D eigenvalue weighted by Gasteiger charge is -2.04. The van der Waals surface area contributed by atoms with Gasteiger partial charge in [0, 0.05) is 6.07 Å². The molecule has 1 rings (SSSR count). The smallest absolute Gasteiger partial charge is 0.292 e. The van der Waals surface area contributed by atoms with Crippen molar-refractivity contribution in [2.45, 2.75) is 6.92 Å². The molecule has 0 spiro atoms. The van der Waals surface area contributed by atoms with Crippen molar-refractivity contribution < 1.29 is 9.47 Å². The van der Waals surface area contributed by atoms with Crippen LogP contribution in [0.4, 0.5) is 0 Å². The van der Waals surface area contributed by atoms with Gasteiger partial charge in [-0.05, 0) is 18.6 Å². The second-order valence-corrected chi connectivity index (χ2v) is 2.32. The SMILES string of the molecule is COc1cc(OC#N)ccc1C. The van der Waals surface area contributed by atoms with Crippen molar-refractivity contribution in [2.24, 2.45) is 0 Å². The summed E-state index contributed by atoms with van der Waals surface area (Å²) in [5, 5.41) is 8.24. The standard InChI is InChI=1S/C9H9NO2/c1-7-3-4-8(12-6-10)5-9(7)11-2/h3-5H,1-2H3. The highest BCUT2D eigenvalue weighted by Crippen LogP contribution is 2.23. The van der Waals surface area contributed by atoms with Gasteiger partial charge in [0.1, 0.15) is 11.5 Å². The molecule has 3 nitrogen and oxygen atoms in total. The van der Waals surface area contributed by atoms with Crippen LogP contribution in [0.1, 0.15) is 5.56 Å². The second kappa shape index (κ2) is 3.63. The van der Waals surface area contributed by atoms with Crippen molar-refractivity contribution in [3.63, 3.8) is 0 Å². The molecule has 0 aromatic heterocycles. The highest BCUT2D eigenvalue weighted by Gasteiger charge is 1.99. The molecule has 1 aromatic carbocycles. The predicted molar refractivity (Wildman–Crippen MR) is 44.0 cm³/mol. The fourth-order valence-corrected chi connectivity index (χ4v) is 0.917. The Balaban J connectivity index is 2.98. The molecule has 3 heteroatoms. The number of aryl methyl sites for hydroxylation is 1. The van der Waals surface area contributed by atoms with Crippen LogP contribution in [0.15, 0.2) is 18.2 Å². The lowest BCUT2D eigenvalue weighted by molar-refractivity contribution is 0.407. The molecule has 0 aliphatic heterocycles. The molecule has 0 unspecified atom stereocenters. The fraction of sp³-hybridized carbons (Fsp3) is 0.222. The van der Waals surface area contributed by atoms with Crippen molar-refractivity contribution in [1.82, 2.24) is 0 Å². The van der Waals surface area contributed by atoms with Gasteiger partial charge in [0.25, 0.3) is 6.26 Å². The topological polar surface area (TPSA) is 42.2 Å². The summed E-state index contributed by atoms with van der Waals surface area (Å²) >= 11 is 0. The van der Waals surface area contributed by atoms with E-state index in [1.165, 1.54) is 0 Å². The maximum absolute atomic E-state index is 8.24. The maximum Gasteiger partial charge on any atom is 0.292 e. The Bertz CT molecular complexity index is 315. The molecule has 1 aromatic rings. The van der Waals surface area contributed by atoms with Crippen molar-refractivity contribution >= 4 is 0 Å². The van der Waals surface area contributed by atoms with E-state index in [9.17, 15) is 0 Å². The first kappa shape index (κ1) is 8.41. The van der Waals surface area contributed by atoms with Crippen LogP contribution in [0, 0.1) is 18.4 Å². The van der Waals surface area contributed by atoms with Crippen LogP contribution in [-0.2, 0) is 0 Å². The maximum atomic E-state index is 8.24. The summed E-state index contributed by atoms with van der Waals surface area (Å²) in [7, 11) is 1.58. The Morgan fingerprint density at radius 1 is 1.42 bits per heavy atom. The summed E-state index contributed by atoms with van der Waals surface area (Å²) in [6.07, 6.45) is 1.60. The zero-order chi connectivity index (χ0) is 8.97. The van der Waals surface area contributed by atoms with E-state index >= 15 is 0 Å². The van der Waals surface area contributed by atoms with Crippen molar-refractivity contribution in [3.8, 4) is 17.8 Å². The third-order valence-corrected chi connectivity index (χ3v) is 1.54. The third kappa shape index (κ3) is 1.67. The van der Waals surface area contributed by atoms with E-state index in [1.54, 1.807) is 25.5 Å². The van der Waals surface area contributed by atoms with E-state index in [0.717, 1.165) is 11.3 Å². The molecule has 0 amide bonds. The fourth-order valence-electron chi connectivity index (χ4n) is 0.917. The molecule has 0 saturated carbocycles. The van der Waals surface area contributed by atoms with Crippen LogP contribution >= 0.6 is 0 Å². The number of methoxy groups -OCH3 is 1. The molecule has 0 aliphatic rings. The number of ether oxygens (including phenoxy) is 2. The van der Waals surface area contributed by atoms with Crippen molar-refractivity contribution in [1.29, 1.82) is 5.26 Å². The highest BCUT2D eigenvalue weighted by atomic mass is 16.5. The number of benzene rings is 1. The zero-order valence-corrected chi connectivity index (χ0v) is 7.00. The van der Waals surface area contributed by atoms with E-state index in [2.05, 4.69) is 4.74 Å². The van der Waals surface area contributed by atoms with Gasteiger partial charge in [-0.25, -0.2) is 0 Å². The molecular weight excluding hydrogens is 154 g/mol. The first-order valence-corrected chi connectivity index (χ1v) is 3.48. The first-order chi connectivity index (χ1) is 5.77. The van der Waals surface area contributed by atoms with Crippen LogP contribution in [-0.4, -0.2) is 7.11 Å². The van der Waals surface area contributed by atoms with Crippen LogP contribution in [0.3, 0.4) is 0 Å². The molecular formula is C9H9NO2. The van der Waals surface area contributed by atoms with Gasteiger partial charge in [0.15, 0.2) is 0 Å². The van der Waals surface area contributed by atoms with Gasteiger partial charge < -0.3 is 9.47 Å². The minimum absolute atomic E-state index is 0.500. The summed E-state index contributed by atoms with van der Waals surface area (Å²) < 4.78 is 9.67. The number of rotatable bonds is 2. The van der Waals surface area contributed by atoms with E-state index in [0.29, 0.717) is 5.75 Å². The molecule has 12 heavy (non-hydrogen) atoms. The number of hydrogen-bond donors (Lipinski definition) is 0. The monoisotopic (exact) mass is 163 g/mol. The van der Waals surface area contributed by atoms with Crippen molar-refractivity contribution in [2.75, 3.05) is 7.11 Å². The normalized spacial score (nSPS) is 8.75. The average Bonchev–Trinajstić information content (AvgIpc) is 2.09. The average molecular weight is 163 g/mol. The van der Waals surface area contributed by atoms with Crippen LogP contribution < -0.4 is 9.47 Å². The Kier molecular flexibility index (Phi) is 2.54. The van der Waals surface area contributed by atoms with Crippen molar-refractivity contribution in [3.05, 3.63) is 23.8 Å². The minimum Gasteiger partial charge on any atom is -0.496 e. The molecule has 0 aliphatic carbocycles. The quantitative estimate of drug-likeness (QED) is 0.625.